The van der Waals surface area contributed by atoms with Crippen LogP contribution in [0.1, 0.15) is 47.5 Å². The molecule has 3 heteroatoms. The maximum absolute atomic E-state index is 5.16. The molecule has 1 aliphatic heterocycles. The van der Waals surface area contributed by atoms with E-state index >= 15 is 0 Å². The highest BCUT2D eigenvalue weighted by molar-refractivity contribution is 4.57. The monoisotopic (exact) mass is 261 g/mol. The Morgan fingerprint density at radius 2 is 1.72 bits per heavy atom. The van der Waals surface area contributed by atoms with Crippen LogP contribution < -0.4 is 0 Å². The van der Waals surface area contributed by atoms with Gasteiger partial charge < -0.3 is 9.47 Å². The third-order valence-electron chi connectivity index (χ3n) is 2.68. The average Bonchev–Trinajstić information content (AvgIpc) is 2.43. The molecule has 112 valence electrons. The second-order valence-corrected chi connectivity index (χ2v) is 4.58. The van der Waals surface area contributed by atoms with E-state index in [0.717, 1.165) is 38.8 Å². The quantitative estimate of drug-likeness (QED) is 0.708. The molecule has 18 heavy (non-hydrogen) atoms. The molecule has 3 nitrogen and oxygen atoms in total. The van der Waals surface area contributed by atoms with E-state index in [1.807, 2.05) is 13.8 Å². The fourth-order valence-electron chi connectivity index (χ4n) is 1.55. The molecular weight excluding hydrogens is 226 g/mol. The Morgan fingerprint density at radius 3 is 2.06 bits per heavy atom. The second-order valence-electron chi connectivity index (χ2n) is 4.58. The Balaban J connectivity index is 0. The minimum absolute atomic E-state index is 0.824. The first-order valence-corrected chi connectivity index (χ1v) is 7.49. The molecule has 0 spiro atoms. The van der Waals surface area contributed by atoms with Crippen molar-refractivity contribution in [3.63, 3.8) is 0 Å². The number of ether oxygens (including phenoxy) is 2. The van der Waals surface area contributed by atoms with E-state index in [4.69, 9.17) is 9.47 Å². The Morgan fingerprint density at radius 1 is 1.17 bits per heavy atom. The van der Waals surface area contributed by atoms with Gasteiger partial charge in [0.15, 0.2) is 0 Å². The van der Waals surface area contributed by atoms with Gasteiger partial charge in [-0.15, -0.1) is 0 Å². The number of hydrogen-bond acceptors (Lipinski definition) is 3. The second kappa shape index (κ2) is 16.9. The van der Waals surface area contributed by atoms with Crippen LogP contribution in [0.4, 0.5) is 0 Å². The molecule has 0 radical (unpaired) electrons. The normalized spacial score (nSPS) is 15.5. The third kappa shape index (κ3) is 15.9. The summed E-state index contributed by atoms with van der Waals surface area (Å²) in [4.78, 5) is 2.39. The summed E-state index contributed by atoms with van der Waals surface area (Å²) in [6.07, 6.45) is 2.49. The Labute approximate surface area is 115 Å². The molecule has 1 fully saturated rings. The van der Waals surface area contributed by atoms with Gasteiger partial charge in [0, 0.05) is 26.8 Å². The van der Waals surface area contributed by atoms with Gasteiger partial charge in [0.2, 0.25) is 0 Å². The Hall–Kier alpha value is -0.120. The van der Waals surface area contributed by atoms with Crippen molar-refractivity contribution in [1.82, 2.24) is 4.90 Å². The molecule has 1 rings (SSSR count). The first-order chi connectivity index (χ1) is 8.70. The van der Waals surface area contributed by atoms with Crippen LogP contribution in [0.5, 0.6) is 0 Å². The van der Waals surface area contributed by atoms with Crippen molar-refractivity contribution in [1.29, 1.82) is 0 Å². The largest absolute Gasteiger partial charge is 0.385 e. The first-order valence-electron chi connectivity index (χ1n) is 7.49. The molecule has 1 aliphatic rings. The van der Waals surface area contributed by atoms with Gasteiger partial charge >= 0.3 is 0 Å². The maximum atomic E-state index is 5.16. The summed E-state index contributed by atoms with van der Waals surface area (Å²) in [5.41, 5.74) is 0. The predicted octanol–water partition coefficient (Wildman–Crippen LogP) is 3.43. The Bertz CT molecular complexity index is 134. The van der Waals surface area contributed by atoms with Gasteiger partial charge in [-0.1, -0.05) is 34.6 Å². The van der Waals surface area contributed by atoms with Crippen LogP contribution in [0, 0.1) is 5.92 Å². The van der Waals surface area contributed by atoms with Crippen molar-refractivity contribution < 1.29 is 9.47 Å². The molecule has 1 heterocycles. The zero-order chi connectivity index (χ0) is 14.2. The topological polar surface area (TPSA) is 21.7 Å². The van der Waals surface area contributed by atoms with Crippen LogP contribution in [-0.4, -0.2) is 51.5 Å². The van der Waals surface area contributed by atoms with Crippen LogP contribution in [0.3, 0.4) is 0 Å². The van der Waals surface area contributed by atoms with E-state index < -0.39 is 0 Å². The van der Waals surface area contributed by atoms with Gasteiger partial charge in [-0.2, -0.15) is 0 Å². The van der Waals surface area contributed by atoms with E-state index in [9.17, 15) is 0 Å². The highest BCUT2D eigenvalue weighted by Crippen LogP contribution is 2.02. The van der Waals surface area contributed by atoms with Crippen molar-refractivity contribution >= 4 is 0 Å². The lowest BCUT2D eigenvalue weighted by molar-refractivity contribution is 0.0405. The molecule has 0 aliphatic carbocycles. The molecule has 0 aromatic heterocycles. The van der Waals surface area contributed by atoms with Crippen molar-refractivity contribution in [3.8, 4) is 0 Å². The lowest BCUT2D eigenvalue weighted by Crippen LogP contribution is -2.35. The standard InChI is InChI=1S/C7H16O.C6H13NO.C2H6/c1-7(2)5-4-6-8-3;1-2-7-3-5-8-6-4-7;1-2/h7H,4-6H2,1-3H3;2-6H2,1H3;1-2H3. The van der Waals surface area contributed by atoms with E-state index in [-0.39, 0.29) is 0 Å². The van der Waals surface area contributed by atoms with Crippen LogP contribution in [-0.2, 0) is 9.47 Å². The van der Waals surface area contributed by atoms with Gasteiger partial charge in [0.05, 0.1) is 13.2 Å². The van der Waals surface area contributed by atoms with Crippen molar-refractivity contribution in [2.45, 2.75) is 47.5 Å². The summed E-state index contributed by atoms with van der Waals surface area (Å²) in [6, 6.07) is 0. The van der Waals surface area contributed by atoms with Crippen molar-refractivity contribution in [2.75, 3.05) is 46.6 Å². The molecular formula is C15H35NO2. The molecule has 1 saturated heterocycles. The van der Waals surface area contributed by atoms with Gasteiger partial charge in [-0.25, -0.2) is 0 Å². The molecule has 0 bridgehead atoms. The first kappa shape index (κ1) is 20.2. The van der Waals surface area contributed by atoms with Crippen LogP contribution in [0.15, 0.2) is 0 Å². The summed E-state index contributed by atoms with van der Waals surface area (Å²) in [6.45, 7) is 16.8. The molecule has 0 atom stereocenters. The zero-order valence-corrected chi connectivity index (χ0v) is 13.5. The van der Waals surface area contributed by atoms with Crippen molar-refractivity contribution in [2.24, 2.45) is 5.92 Å². The SMILES string of the molecule is CC.CCN1CCOCC1.COCCCC(C)C. The van der Waals surface area contributed by atoms with E-state index in [1.165, 1.54) is 19.4 Å². The predicted molar refractivity (Wildman–Crippen MR) is 80.2 cm³/mol. The highest BCUT2D eigenvalue weighted by Gasteiger charge is 2.05. The summed E-state index contributed by atoms with van der Waals surface area (Å²) in [7, 11) is 1.75. The number of methoxy groups -OCH3 is 1. The smallest absolute Gasteiger partial charge is 0.0594 e. The summed E-state index contributed by atoms with van der Waals surface area (Å²) in [5.74, 6) is 0.824. The molecule has 0 aromatic carbocycles. The summed E-state index contributed by atoms with van der Waals surface area (Å²) < 4.78 is 10.1. The van der Waals surface area contributed by atoms with E-state index in [0.29, 0.717) is 0 Å². The number of nitrogens with zero attached hydrogens (tertiary/aromatic N) is 1. The fraction of sp³-hybridized carbons (Fsp3) is 1.00. The summed E-state index contributed by atoms with van der Waals surface area (Å²) in [5, 5.41) is 0. The van der Waals surface area contributed by atoms with Gasteiger partial charge in [-0.05, 0) is 25.3 Å². The highest BCUT2D eigenvalue weighted by atomic mass is 16.5. The zero-order valence-electron chi connectivity index (χ0n) is 13.5. The molecule has 0 unspecified atom stereocenters. The number of likely N-dealkylation sites (N-methyl/N-ethyl adjacent to an activating group) is 1. The van der Waals surface area contributed by atoms with E-state index in [2.05, 4.69) is 25.7 Å². The van der Waals surface area contributed by atoms with Crippen LogP contribution in [0.25, 0.3) is 0 Å². The number of morpholine rings is 1. The maximum Gasteiger partial charge on any atom is 0.0594 e. The summed E-state index contributed by atoms with van der Waals surface area (Å²) >= 11 is 0. The van der Waals surface area contributed by atoms with Crippen LogP contribution in [0.2, 0.25) is 0 Å². The number of rotatable bonds is 5. The van der Waals surface area contributed by atoms with Crippen molar-refractivity contribution in [3.05, 3.63) is 0 Å². The fourth-order valence-corrected chi connectivity index (χ4v) is 1.55. The van der Waals surface area contributed by atoms with Gasteiger partial charge in [-0.3, -0.25) is 4.90 Å². The lowest BCUT2D eigenvalue weighted by Gasteiger charge is -2.24. The average molecular weight is 261 g/mol. The number of hydrogen-bond donors (Lipinski definition) is 0. The molecule has 0 amide bonds. The van der Waals surface area contributed by atoms with Gasteiger partial charge in [0.25, 0.3) is 0 Å². The van der Waals surface area contributed by atoms with Gasteiger partial charge in [0.1, 0.15) is 0 Å². The third-order valence-corrected chi connectivity index (χ3v) is 2.68. The minimum Gasteiger partial charge on any atom is -0.385 e. The van der Waals surface area contributed by atoms with Crippen LogP contribution >= 0.6 is 0 Å². The molecule has 0 aromatic rings. The minimum atomic E-state index is 0.824. The lowest BCUT2D eigenvalue weighted by atomic mass is 10.1. The molecule has 0 saturated carbocycles. The Kier molecular flexibility index (Phi) is 18.9. The van der Waals surface area contributed by atoms with E-state index in [1.54, 1.807) is 7.11 Å². The molecule has 0 N–H and O–H groups in total.